The molecule has 5 nitrogen and oxygen atoms in total. The van der Waals surface area contributed by atoms with E-state index in [9.17, 15) is 13.2 Å². The van der Waals surface area contributed by atoms with E-state index >= 15 is 4.39 Å². The summed E-state index contributed by atoms with van der Waals surface area (Å²) in [5.74, 6) is -0.504. The van der Waals surface area contributed by atoms with E-state index in [1.54, 1.807) is 10.6 Å². The van der Waals surface area contributed by atoms with Gasteiger partial charge in [0, 0.05) is 30.9 Å². The van der Waals surface area contributed by atoms with Crippen LogP contribution in [0.15, 0.2) is 57.2 Å². The van der Waals surface area contributed by atoms with E-state index in [1.807, 2.05) is 11.8 Å². The van der Waals surface area contributed by atoms with Crippen molar-refractivity contribution in [2.24, 2.45) is 0 Å². The van der Waals surface area contributed by atoms with Crippen LogP contribution in [0.25, 0.3) is 10.9 Å². The Morgan fingerprint density at radius 1 is 1.03 bits per heavy atom. The van der Waals surface area contributed by atoms with E-state index in [0.717, 1.165) is 38.8 Å². The van der Waals surface area contributed by atoms with Gasteiger partial charge in [-0.15, -0.1) is 0 Å². The number of anilines is 1. The van der Waals surface area contributed by atoms with Gasteiger partial charge in [0.05, 0.1) is 21.5 Å². The quantitative estimate of drug-likeness (QED) is 0.545. The van der Waals surface area contributed by atoms with Gasteiger partial charge in [-0.05, 0) is 56.2 Å². The van der Waals surface area contributed by atoms with E-state index in [0.29, 0.717) is 22.8 Å². The van der Waals surface area contributed by atoms with Gasteiger partial charge < -0.3 is 9.47 Å². The SMILES string of the molecule is CCn1cc(S(=O)(=O)c2ccc(Cl)cc2)c(=O)c2cc(F)c(N3CCCCCC3)cc21. The smallest absolute Gasteiger partial charge is 0.211 e. The molecule has 2 heterocycles. The molecule has 1 aliphatic heterocycles. The Bertz CT molecular complexity index is 1280. The lowest BCUT2D eigenvalue weighted by Crippen LogP contribution is -2.26. The van der Waals surface area contributed by atoms with Crippen LogP contribution in [0.3, 0.4) is 0 Å². The highest BCUT2D eigenvalue weighted by molar-refractivity contribution is 7.91. The Hall–Kier alpha value is -2.38. The molecule has 164 valence electrons. The van der Waals surface area contributed by atoms with Gasteiger partial charge >= 0.3 is 0 Å². The van der Waals surface area contributed by atoms with Crippen molar-refractivity contribution in [1.82, 2.24) is 4.57 Å². The minimum Gasteiger partial charge on any atom is -0.369 e. The summed E-state index contributed by atoms with van der Waals surface area (Å²) < 4.78 is 43.1. The molecular formula is C23H24ClFN2O3S. The lowest BCUT2D eigenvalue weighted by molar-refractivity contribution is 0.593. The van der Waals surface area contributed by atoms with Gasteiger partial charge in [0.15, 0.2) is 0 Å². The molecule has 0 N–H and O–H groups in total. The minimum atomic E-state index is -4.08. The molecule has 0 atom stereocenters. The van der Waals surface area contributed by atoms with Crippen molar-refractivity contribution >= 4 is 38.0 Å². The number of hydrogen-bond acceptors (Lipinski definition) is 4. The second-order valence-corrected chi connectivity index (χ2v) is 10.1. The highest BCUT2D eigenvalue weighted by atomic mass is 35.5. The molecule has 31 heavy (non-hydrogen) atoms. The summed E-state index contributed by atoms with van der Waals surface area (Å²) in [5, 5.41) is 0.458. The maximum Gasteiger partial charge on any atom is 0.211 e. The summed E-state index contributed by atoms with van der Waals surface area (Å²) in [5.41, 5.74) is 0.295. The molecule has 0 bridgehead atoms. The first-order valence-corrected chi connectivity index (χ1v) is 12.3. The summed E-state index contributed by atoms with van der Waals surface area (Å²) in [4.78, 5) is 14.8. The molecule has 0 spiro atoms. The molecule has 0 aliphatic carbocycles. The first kappa shape index (κ1) is 21.8. The molecule has 1 saturated heterocycles. The predicted molar refractivity (Wildman–Crippen MR) is 121 cm³/mol. The van der Waals surface area contributed by atoms with Crippen molar-refractivity contribution in [3.8, 4) is 0 Å². The van der Waals surface area contributed by atoms with Crippen LogP contribution in [-0.4, -0.2) is 26.1 Å². The van der Waals surface area contributed by atoms with Gasteiger partial charge in [0.2, 0.25) is 15.3 Å². The van der Waals surface area contributed by atoms with Gasteiger partial charge in [-0.2, -0.15) is 0 Å². The molecule has 1 aromatic heterocycles. The summed E-state index contributed by atoms with van der Waals surface area (Å²) in [6.45, 7) is 3.83. The Morgan fingerprint density at radius 3 is 2.29 bits per heavy atom. The largest absolute Gasteiger partial charge is 0.369 e. The Morgan fingerprint density at radius 2 is 1.68 bits per heavy atom. The third kappa shape index (κ3) is 4.08. The zero-order valence-electron chi connectivity index (χ0n) is 17.3. The van der Waals surface area contributed by atoms with Crippen LogP contribution in [0, 0.1) is 5.82 Å². The van der Waals surface area contributed by atoms with Crippen LogP contribution >= 0.6 is 11.6 Å². The molecule has 1 fully saturated rings. The molecule has 2 aromatic carbocycles. The van der Waals surface area contributed by atoms with Gasteiger partial charge in [-0.25, -0.2) is 12.8 Å². The fourth-order valence-corrected chi connectivity index (χ4v) is 5.61. The van der Waals surface area contributed by atoms with Crippen molar-refractivity contribution in [2.45, 2.75) is 48.9 Å². The number of rotatable bonds is 4. The maximum absolute atomic E-state index is 15.1. The summed E-state index contributed by atoms with van der Waals surface area (Å²) >= 11 is 5.86. The first-order valence-electron chi connectivity index (χ1n) is 10.4. The van der Waals surface area contributed by atoms with E-state index in [2.05, 4.69) is 0 Å². The second-order valence-electron chi connectivity index (χ2n) is 7.79. The zero-order valence-corrected chi connectivity index (χ0v) is 18.8. The molecule has 8 heteroatoms. The summed E-state index contributed by atoms with van der Waals surface area (Å²) in [6, 6.07) is 8.51. The normalized spacial score (nSPS) is 15.3. The molecular weight excluding hydrogens is 439 g/mol. The van der Waals surface area contributed by atoms with E-state index in [-0.39, 0.29) is 15.2 Å². The molecule has 1 aliphatic rings. The molecule has 0 amide bonds. The number of aryl methyl sites for hydroxylation is 1. The van der Waals surface area contributed by atoms with Crippen molar-refractivity contribution in [3.05, 3.63) is 63.7 Å². The Labute approximate surface area is 186 Å². The average molecular weight is 463 g/mol. The number of halogens is 2. The van der Waals surface area contributed by atoms with Crippen LogP contribution in [0.4, 0.5) is 10.1 Å². The molecule has 4 rings (SSSR count). The fraction of sp³-hybridized carbons (Fsp3) is 0.348. The van der Waals surface area contributed by atoms with Crippen LogP contribution in [0.2, 0.25) is 5.02 Å². The highest BCUT2D eigenvalue weighted by Gasteiger charge is 2.25. The van der Waals surface area contributed by atoms with Crippen LogP contribution < -0.4 is 10.3 Å². The number of benzene rings is 2. The second kappa shape index (κ2) is 8.63. The van der Waals surface area contributed by atoms with Gasteiger partial charge in [0.1, 0.15) is 10.7 Å². The standard InChI is InChI=1S/C23H24ClFN2O3S/c1-2-26-15-22(31(29,30)17-9-7-16(24)8-10-17)23(28)18-13-19(25)21(14-20(18)26)27-11-5-3-4-6-12-27/h7-10,13-15H,2-6,11-12H2,1H3. The average Bonchev–Trinajstić information content (AvgIpc) is 3.03. The van der Waals surface area contributed by atoms with E-state index in [4.69, 9.17) is 11.6 Å². The predicted octanol–water partition coefficient (Wildman–Crippen LogP) is 5.03. The third-order valence-electron chi connectivity index (χ3n) is 5.82. The number of fused-ring (bicyclic) bond motifs is 1. The minimum absolute atomic E-state index is 0.0299. The van der Waals surface area contributed by atoms with Crippen molar-refractivity contribution < 1.29 is 12.8 Å². The van der Waals surface area contributed by atoms with Gasteiger partial charge in [-0.3, -0.25) is 4.79 Å². The fourth-order valence-electron chi connectivity index (χ4n) is 4.12. The first-order chi connectivity index (χ1) is 14.8. The zero-order chi connectivity index (χ0) is 22.2. The highest BCUT2D eigenvalue weighted by Crippen LogP contribution is 2.29. The monoisotopic (exact) mass is 462 g/mol. The molecule has 0 unspecified atom stereocenters. The third-order valence-corrected chi connectivity index (χ3v) is 7.83. The number of hydrogen-bond donors (Lipinski definition) is 0. The van der Waals surface area contributed by atoms with Gasteiger partial charge in [-0.1, -0.05) is 24.4 Å². The lowest BCUT2D eigenvalue weighted by Gasteiger charge is -2.24. The number of sulfone groups is 1. The Kier molecular flexibility index (Phi) is 6.08. The van der Waals surface area contributed by atoms with Crippen molar-refractivity contribution in [1.29, 1.82) is 0 Å². The summed E-state index contributed by atoms with van der Waals surface area (Å²) in [6.07, 6.45) is 5.60. The summed E-state index contributed by atoms with van der Waals surface area (Å²) in [7, 11) is -4.08. The van der Waals surface area contributed by atoms with Crippen molar-refractivity contribution in [2.75, 3.05) is 18.0 Å². The van der Waals surface area contributed by atoms with Gasteiger partial charge in [0.25, 0.3) is 0 Å². The molecule has 0 radical (unpaired) electrons. The van der Waals surface area contributed by atoms with E-state index in [1.165, 1.54) is 36.5 Å². The lowest BCUT2D eigenvalue weighted by atomic mass is 10.1. The number of nitrogens with zero attached hydrogens (tertiary/aromatic N) is 2. The van der Waals surface area contributed by atoms with Crippen LogP contribution in [0.1, 0.15) is 32.6 Å². The topological polar surface area (TPSA) is 59.4 Å². The van der Waals surface area contributed by atoms with Crippen LogP contribution in [0.5, 0.6) is 0 Å². The molecule has 3 aromatic rings. The molecule has 0 saturated carbocycles. The maximum atomic E-state index is 15.1. The number of aromatic nitrogens is 1. The van der Waals surface area contributed by atoms with Crippen LogP contribution in [-0.2, 0) is 16.4 Å². The van der Waals surface area contributed by atoms with E-state index < -0.39 is 21.1 Å². The Balaban J connectivity index is 1.90. The number of pyridine rings is 1. The van der Waals surface area contributed by atoms with Crippen molar-refractivity contribution in [3.63, 3.8) is 0 Å².